The van der Waals surface area contributed by atoms with Crippen molar-refractivity contribution in [1.29, 1.82) is 0 Å². The van der Waals surface area contributed by atoms with Crippen LogP contribution in [0, 0.1) is 11.5 Å². The SMILES string of the molecule is C[Si](C)(C)C#Cc1ccc(Cl)cc1[Si](C)(C)C. The van der Waals surface area contributed by atoms with Crippen molar-refractivity contribution in [3.8, 4) is 11.5 Å². The molecule has 0 N–H and O–H groups in total. The second-order valence-electron chi connectivity index (χ2n) is 6.44. The van der Waals surface area contributed by atoms with Crippen molar-refractivity contribution < 1.29 is 0 Å². The van der Waals surface area contributed by atoms with Gasteiger partial charge in [0.05, 0.1) is 8.07 Å². The van der Waals surface area contributed by atoms with Crippen molar-refractivity contribution in [2.75, 3.05) is 0 Å². The van der Waals surface area contributed by atoms with Gasteiger partial charge in [0.15, 0.2) is 0 Å². The van der Waals surface area contributed by atoms with E-state index in [-0.39, 0.29) is 0 Å². The van der Waals surface area contributed by atoms with Crippen LogP contribution in [0.1, 0.15) is 5.56 Å². The van der Waals surface area contributed by atoms with Gasteiger partial charge in [-0.05, 0) is 23.4 Å². The maximum absolute atomic E-state index is 6.10. The number of benzene rings is 1. The van der Waals surface area contributed by atoms with Gasteiger partial charge in [0.1, 0.15) is 8.07 Å². The molecule has 3 heteroatoms. The summed E-state index contributed by atoms with van der Waals surface area (Å²) in [4.78, 5) is 0. The lowest BCUT2D eigenvalue weighted by atomic mass is 10.2. The third-order valence-electron chi connectivity index (χ3n) is 2.36. The van der Waals surface area contributed by atoms with Crippen molar-refractivity contribution in [3.63, 3.8) is 0 Å². The molecule has 0 spiro atoms. The van der Waals surface area contributed by atoms with E-state index < -0.39 is 16.1 Å². The van der Waals surface area contributed by atoms with Crippen LogP contribution in [0.5, 0.6) is 0 Å². The van der Waals surface area contributed by atoms with Gasteiger partial charge in [0.25, 0.3) is 0 Å². The first-order valence-corrected chi connectivity index (χ1v) is 13.3. The highest BCUT2D eigenvalue weighted by molar-refractivity contribution is 6.89. The summed E-state index contributed by atoms with van der Waals surface area (Å²) in [6.45, 7) is 13.8. The Bertz CT molecular complexity index is 468. The molecule has 0 fully saturated rings. The Labute approximate surface area is 112 Å². The fraction of sp³-hybridized carbons (Fsp3) is 0.429. The number of halogens is 1. The Kier molecular flexibility index (Phi) is 4.30. The highest BCUT2D eigenvalue weighted by atomic mass is 35.5. The molecule has 0 aromatic heterocycles. The molecule has 0 radical (unpaired) electrons. The van der Waals surface area contributed by atoms with Crippen molar-refractivity contribution in [2.45, 2.75) is 39.3 Å². The van der Waals surface area contributed by atoms with Crippen LogP contribution < -0.4 is 5.19 Å². The lowest BCUT2D eigenvalue weighted by Crippen LogP contribution is -2.39. The summed E-state index contributed by atoms with van der Waals surface area (Å²) in [7, 11) is -2.69. The fourth-order valence-corrected chi connectivity index (χ4v) is 3.82. The molecular weight excluding hydrogens is 260 g/mol. The van der Waals surface area contributed by atoms with Gasteiger partial charge in [-0.25, -0.2) is 0 Å². The maximum atomic E-state index is 6.10. The number of hydrogen-bond acceptors (Lipinski definition) is 0. The molecule has 0 saturated carbocycles. The third kappa shape index (κ3) is 4.71. The Hall–Kier alpha value is -0.496. The summed E-state index contributed by atoms with van der Waals surface area (Å²) in [5, 5.41) is 2.19. The Balaban J connectivity index is 3.29. The molecular formula is C14H21ClSi2. The van der Waals surface area contributed by atoms with Crippen LogP contribution in [0.3, 0.4) is 0 Å². The second kappa shape index (κ2) is 5.01. The van der Waals surface area contributed by atoms with Crippen LogP contribution in [0.25, 0.3) is 0 Å². The second-order valence-corrected chi connectivity index (χ2v) is 16.7. The van der Waals surface area contributed by atoms with E-state index in [0.29, 0.717) is 0 Å². The van der Waals surface area contributed by atoms with E-state index in [4.69, 9.17) is 11.6 Å². The molecule has 0 bridgehead atoms. The molecule has 0 saturated heterocycles. The summed E-state index contributed by atoms with van der Waals surface area (Å²) < 4.78 is 0. The largest absolute Gasteiger partial charge is 0.129 e. The van der Waals surface area contributed by atoms with Crippen LogP contribution >= 0.6 is 11.6 Å². The van der Waals surface area contributed by atoms with Crippen LogP contribution in [-0.2, 0) is 0 Å². The quantitative estimate of drug-likeness (QED) is 0.536. The minimum Gasteiger partial charge on any atom is -0.127 e. The van der Waals surface area contributed by atoms with Crippen molar-refractivity contribution >= 4 is 32.9 Å². The molecule has 1 rings (SSSR count). The molecule has 0 heterocycles. The first kappa shape index (κ1) is 14.6. The van der Waals surface area contributed by atoms with E-state index in [9.17, 15) is 0 Å². The molecule has 92 valence electrons. The Morgan fingerprint density at radius 2 is 1.59 bits per heavy atom. The molecule has 1 aromatic rings. The van der Waals surface area contributed by atoms with Gasteiger partial charge >= 0.3 is 0 Å². The molecule has 17 heavy (non-hydrogen) atoms. The van der Waals surface area contributed by atoms with E-state index in [1.54, 1.807) is 0 Å². The predicted molar refractivity (Wildman–Crippen MR) is 84.7 cm³/mol. The normalized spacial score (nSPS) is 11.9. The third-order valence-corrected chi connectivity index (χ3v) is 5.50. The molecule has 0 aliphatic heterocycles. The summed E-state index contributed by atoms with van der Waals surface area (Å²) in [5.41, 5.74) is 4.61. The van der Waals surface area contributed by atoms with E-state index in [2.05, 4.69) is 62.9 Å². The summed E-state index contributed by atoms with van der Waals surface area (Å²) in [6, 6.07) is 6.12. The van der Waals surface area contributed by atoms with Gasteiger partial charge in [-0.15, -0.1) is 5.54 Å². The van der Waals surface area contributed by atoms with Gasteiger partial charge in [0, 0.05) is 10.6 Å². The van der Waals surface area contributed by atoms with Gasteiger partial charge < -0.3 is 0 Å². The monoisotopic (exact) mass is 280 g/mol. The minimum absolute atomic E-state index is 0.820. The molecule has 0 nitrogen and oxygen atoms in total. The Morgan fingerprint density at radius 1 is 1.00 bits per heavy atom. The smallest absolute Gasteiger partial charge is 0.127 e. The zero-order valence-electron chi connectivity index (χ0n) is 11.6. The highest BCUT2D eigenvalue weighted by Gasteiger charge is 2.20. The fourth-order valence-electron chi connectivity index (χ4n) is 1.50. The number of hydrogen-bond donors (Lipinski definition) is 0. The summed E-state index contributed by atoms with van der Waals surface area (Å²) in [6.07, 6.45) is 0. The van der Waals surface area contributed by atoms with Crippen LogP contribution in [-0.4, -0.2) is 16.1 Å². The van der Waals surface area contributed by atoms with Crippen molar-refractivity contribution in [1.82, 2.24) is 0 Å². The van der Waals surface area contributed by atoms with E-state index in [1.807, 2.05) is 6.07 Å². The highest BCUT2D eigenvalue weighted by Crippen LogP contribution is 2.13. The van der Waals surface area contributed by atoms with Gasteiger partial charge in [0.2, 0.25) is 0 Å². The standard InChI is InChI=1S/C14H21ClSi2/c1-16(2,3)10-9-12-7-8-13(15)11-14(12)17(4,5)6/h7-8,11H,1-6H3. The van der Waals surface area contributed by atoms with Crippen molar-refractivity contribution in [2.24, 2.45) is 0 Å². The predicted octanol–water partition coefficient (Wildman–Crippen LogP) is 4.11. The van der Waals surface area contributed by atoms with E-state index in [0.717, 1.165) is 5.02 Å². The van der Waals surface area contributed by atoms with E-state index in [1.165, 1.54) is 10.8 Å². The summed E-state index contributed by atoms with van der Waals surface area (Å²) >= 11 is 6.10. The molecule has 0 aliphatic rings. The van der Waals surface area contributed by atoms with Crippen LogP contribution in [0.2, 0.25) is 44.3 Å². The Morgan fingerprint density at radius 3 is 2.06 bits per heavy atom. The van der Waals surface area contributed by atoms with Gasteiger partial charge in [-0.1, -0.05) is 56.8 Å². The van der Waals surface area contributed by atoms with Gasteiger partial charge in [-0.3, -0.25) is 0 Å². The van der Waals surface area contributed by atoms with Crippen LogP contribution in [0.15, 0.2) is 18.2 Å². The molecule has 0 amide bonds. The average Bonchev–Trinajstić information content (AvgIpc) is 2.13. The molecule has 0 atom stereocenters. The average molecular weight is 281 g/mol. The summed E-state index contributed by atoms with van der Waals surface area (Å²) in [5.74, 6) is 3.37. The topological polar surface area (TPSA) is 0 Å². The molecule has 0 aliphatic carbocycles. The first-order chi connectivity index (χ1) is 7.59. The number of rotatable bonds is 1. The first-order valence-electron chi connectivity index (χ1n) is 5.93. The zero-order chi connectivity index (χ0) is 13.3. The lowest BCUT2D eigenvalue weighted by molar-refractivity contribution is 1.63. The minimum atomic E-state index is -1.38. The van der Waals surface area contributed by atoms with E-state index >= 15 is 0 Å². The molecule has 0 unspecified atom stereocenters. The van der Waals surface area contributed by atoms with Gasteiger partial charge in [-0.2, -0.15) is 0 Å². The lowest BCUT2D eigenvalue weighted by Gasteiger charge is -2.19. The van der Waals surface area contributed by atoms with Crippen molar-refractivity contribution in [3.05, 3.63) is 28.8 Å². The van der Waals surface area contributed by atoms with Crippen LogP contribution in [0.4, 0.5) is 0 Å². The molecule has 1 aromatic carbocycles. The maximum Gasteiger partial charge on any atom is 0.129 e. The zero-order valence-corrected chi connectivity index (χ0v) is 14.4.